The maximum Gasteiger partial charge on any atom is 0.253 e. The van der Waals surface area contributed by atoms with Crippen molar-refractivity contribution in [2.45, 2.75) is 25.9 Å². The zero-order valence-corrected chi connectivity index (χ0v) is 16.4. The number of amides is 1. The fourth-order valence-corrected chi connectivity index (χ4v) is 4.47. The Hall–Kier alpha value is -1.56. The smallest absolute Gasteiger partial charge is 0.253 e. The molecule has 2 aliphatic rings. The first-order chi connectivity index (χ1) is 12.2. The molecule has 3 heterocycles. The van der Waals surface area contributed by atoms with Crippen LogP contribution in [0.1, 0.15) is 34.5 Å². The minimum atomic E-state index is 0. The van der Waals surface area contributed by atoms with E-state index in [1.54, 1.807) is 11.3 Å². The van der Waals surface area contributed by atoms with Crippen LogP contribution in [0.4, 0.5) is 0 Å². The number of likely N-dealkylation sites (tertiary alicyclic amines) is 1. The van der Waals surface area contributed by atoms with Crippen LogP contribution < -0.4 is 10.1 Å². The lowest BCUT2D eigenvalue weighted by Crippen LogP contribution is -2.44. The van der Waals surface area contributed by atoms with Gasteiger partial charge in [-0.05, 0) is 60.9 Å². The first kappa shape index (κ1) is 19.2. The highest BCUT2D eigenvalue weighted by molar-refractivity contribution is 7.09. The summed E-state index contributed by atoms with van der Waals surface area (Å²) in [5.74, 6) is 0.884. The zero-order chi connectivity index (χ0) is 17.1. The van der Waals surface area contributed by atoms with E-state index >= 15 is 0 Å². The molecule has 0 radical (unpaired) electrons. The molecule has 1 spiro atoms. The lowest BCUT2D eigenvalue weighted by atomic mass is 9.78. The predicted molar refractivity (Wildman–Crippen MR) is 107 cm³/mol. The molecule has 4 nitrogen and oxygen atoms in total. The normalized spacial score (nSPS) is 18.5. The van der Waals surface area contributed by atoms with E-state index in [0.29, 0.717) is 12.0 Å². The molecule has 1 aromatic heterocycles. The third kappa shape index (κ3) is 4.22. The molecular formula is C20H25ClN2O2S. The molecule has 2 aliphatic heterocycles. The highest BCUT2D eigenvalue weighted by Gasteiger charge is 2.38. The molecule has 0 bridgehead atoms. The SMILES string of the molecule is Cl.O=C(c1cccc(OCc2cccs2)c1)N1CCC2(CCNC2)CC1. The lowest BCUT2D eigenvalue weighted by Gasteiger charge is -2.38. The van der Waals surface area contributed by atoms with E-state index in [9.17, 15) is 4.79 Å². The van der Waals surface area contributed by atoms with E-state index in [0.717, 1.165) is 50.3 Å². The van der Waals surface area contributed by atoms with E-state index < -0.39 is 0 Å². The van der Waals surface area contributed by atoms with Crippen LogP contribution in [0.25, 0.3) is 0 Å². The van der Waals surface area contributed by atoms with Crippen LogP contribution >= 0.6 is 23.7 Å². The van der Waals surface area contributed by atoms with Gasteiger partial charge in [0.25, 0.3) is 5.91 Å². The zero-order valence-electron chi connectivity index (χ0n) is 14.8. The summed E-state index contributed by atoms with van der Waals surface area (Å²) in [6.45, 7) is 4.51. The molecule has 2 aromatic rings. The van der Waals surface area contributed by atoms with Gasteiger partial charge in [-0.15, -0.1) is 23.7 Å². The van der Waals surface area contributed by atoms with Crippen molar-refractivity contribution in [3.05, 3.63) is 52.2 Å². The standard InChI is InChI=1S/C20H24N2O2S.ClH/c23-19(22-10-7-20(8-11-22)6-9-21-15-20)16-3-1-4-17(13-16)24-14-18-5-2-12-25-18;/h1-5,12-13,21H,6-11,14-15H2;1H. The van der Waals surface area contributed by atoms with Gasteiger partial charge in [-0.3, -0.25) is 4.79 Å². The Balaban J connectivity index is 0.00000196. The fraction of sp³-hybridized carbons (Fsp3) is 0.450. The summed E-state index contributed by atoms with van der Waals surface area (Å²) in [6, 6.07) is 11.7. The van der Waals surface area contributed by atoms with Crippen LogP contribution in [0.15, 0.2) is 41.8 Å². The molecule has 2 saturated heterocycles. The van der Waals surface area contributed by atoms with Crippen LogP contribution in [0.2, 0.25) is 0 Å². The molecule has 0 saturated carbocycles. The second-order valence-corrected chi connectivity index (χ2v) is 8.15. The van der Waals surface area contributed by atoms with Crippen molar-refractivity contribution >= 4 is 29.7 Å². The van der Waals surface area contributed by atoms with Gasteiger partial charge in [0, 0.05) is 30.1 Å². The summed E-state index contributed by atoms with van der Waals surface area (Å²) in [4.78, 5) is 16.0. The maximum atomic E-state index is 12.8. The van der Waals surface area contributed by atoms with Crippen LogP contribution in [-0.4, -0.2) is 37.0 Å². The number of halogens is 1. The van der Waals surface area contributed by atoms with Crippen molar-refractivity contribution in [1.29, 1.82) is 0 Å². The molecule has 1 amide bonds. The highest BCUT2D eigenvalue weighted by Crippen LogP contribution is 2.37. The summed E-state index contributed by atoms with van der Waals surface area (Å²) in [7, 11) is 0. The number of carbonyl (C=O) groups excluding carboxylic acids is 1. The highest BCUT2D eigenvalue weighted by atomic mass is 35.5. The Bertz CT molecular complexity index is 719. The summed E-state index contributed by atoms with van der Waals surface area (Å²) in [5, 5.41) is 5.52. The first-order valence-corrected chi connectivity index (χ1v) is 9.87. The fourth-order valence-electron chi connectivity index (χ4n) is 3.86. The number of ether oxygens (including phenoxy) is 1. The Kier molecular flexibility index (Phi) is 6.22. The van der Waals surface area contributed by atoms with Gasteiger partial charge in [0.15, 0.2) is 0 Å². The minimum absolute atomic E-state index is 0. The number of thiophene rings is 1. The second kappa shape index (κ2) is 8.42. The molecule has 140 valence electrons. The Morgan fingerprint density at radius 1 is 1.19 bits per heavy atom. The average Bonchev–Trinajstić information content (AvgIpc) is 3.33. The van der Waals surface area contributed by atoms with Crippen molar-refractivity contribution in [3.63, 3.8) is 0 Å². The molecular weight excluding hydrogens is 368 g/mol. The van der Waals surface area contributed by atoms with E-state index in [-0.39, 0.29) is 18.3 Å². The monoisotopic (exact) mass is 392 g/mol. The van der Waals surface area contributed by atoms with Crippen molar-refractivity contribution in [2.24, 2.45) is 5.41 Å². The van der Waals surface area contributed by atoms with Gasteiger partial charge in [0.05, 0.1) is 0 Å². The van der Waals surface area contributed by atoms with E-state index in [1.807, 2.05) is 40.6 Å². The Labute approximate surface area is 165 Å². The number of nitrogens with zero attached hydrogens (tertiary/aromatic N) is 1. The summed E-state index contributed by atoms with van der Waals surface area (Å²) in [6.07, 6.45) is 3.47. The second-order valence-electron chi connectivity index (χ2n) is 7.11. The lowest BCUT2D eigenvalue weighted by molar-refractivity contribution is 0.0607. The number of hydrogen-bond acceptors (Lipinski definition) is 4. The van der Waals surface area contributed by atoms with E-state index in [2.05, 4.69) is 11.4 Å². The van der Waals surface area contributed by atoms with Gasteiger partial charge in [-0.2, -0.15) is 0 Å². The predicted octanol–water partition coefficient (Wildman–Crippen LogP) is 3.96. The first-order valence-electron chi connectivity index (χ1n) is 8.99. The number of piperidine rings is 1. The molecule has 4 rings (SSSR count). The van der Waals surface area contributed by atoms with Gasteiger partial charge in [-0.25, -0.2) is 0 Å². The molecule has 6 heteroatoms. The van der Waals surface area contributed by atoms with Gasteiger partial charge in [0.1, 0.15) is 12.4 Å². The molecule has 26 heavy (non-hydrogen) atoms. The van der Waals surface area contributed by atoms with Gasteiger partial charge < -0.3 is 15.0 Å². The number of benzene rings is 1. The Morgan fingerprint density at radius 2 is 2.04 bits per heavy atom. The van der Waals surface area contributed by atoms with Crippen molar-refractivity contribution in [3.8, 4) is 5.75 Å². The summed E-state index contributed by atoms with van der Waals surface area (Å²) < 4.78 is 5.84. The topological polar surface area (TPSA) is 41.6 Å². The van der Waals surface area contributed by atoms with Crippen LogP contribution in [0, 0.1) is 5.41 Å². The molecule has 0 aliphatic carbocycles. The van der Waals surface area contributed by atoms with Crippen molar-refractivity contribution in [2.75, 3.05) is 26.2 Å². The van der Waals surface area contributed by atoms with Crippen molar-refractivity contribution in [1.82, 2.24) is 10.2 Å². The van der Waals surface area contributed by atoms with Gasteiger partial charge >= 0.3 is 0 Å². The third-order valence-electron chi connectivity index (χ3n) is 5.49. The molecule has 1 N–H and O–H groups in total. The largest absolute Gasteiger partial charge is 0.488 e. The van der Waals surface area contributed by atoms with Crippen LogP contribution in [-0.2, 0) is 6.61 Å². The maximum absolute atomic E-state index is 12.8. The summed E-state index contributed by atoms with van der Waals surface area (Å²) >= 11 is 1.68. The molecule has 2 fully saturated rings. The molecule has 1 aromatic carbocycles. The number of nitrogens with one attached hydrogen (secondary N) is 1. The molecule has 0 atom stereocenters. The van der Waals surface area contributed by atoms with Crippen LogP contribution in [0.5, 0.6) is 5.75 Å². The quantitative estimate of drug-likeness (QED) is 0.856. The van der Waals surface area contributed by atoms with Crippen molar-refractivity contribution < 1.29 is 9.53 Å². The van der Waals surface area contributed by atoms with Gasteiger partial charge in [0.2, 0.25) is 0 Å². The summed E-state index contributed by atoms with van der Waals surface area (Å²) in [5.41, 5.74) is 1.16. The van der Waals surface area contributed by atoms with E-state index in [4.69, 9.17) is 4.74 Å². The number of carbonyl (C=O) groups is 1. The van der Waals surface area contributed by atoms with E-state index in [1.165, 1.54) is 11.3 Å². The van der Waals surface area contributed by atoms with Crippen LogP contribution in [0.3, 0.4) is 0 Å². The minimum Gasteiger partial charge on any atom is -0.488 e. The van der Waals surface area contributed by atoms with Gasteiger partial charge in [-0.1, -0.05) is 12.1 Å². The molecule has 0 unspecified atom stereocenters. The number of rotatable bonds is 4. The Morgan fingerprint density at radius 3 is 2.73 bits per heavy atom. The third-order valence-corrected chi connectivity index (χ3v) is 6.34. The number of hydrogen-bond donors (Lipinski definition) is 1. The average molecular weight is 393 g/mol.